The van der Waals surface area contributed by atoms with Gasteiger partial charge >= 0.3 is 5.97 Å². The minimum Gasteiger partial charge on any atom is -0.481 e. The van der Waals surface area contributed by atoms with Crippen molar-refractivity contribution in [2.45, 2.75) is 19.8 Å². The molecule has 0 saturated carbocycles. The molecule has 19 heavy (non-hydrogen) atoms. The van der Waals surface area contributed by atoms with Crippen molar-refractivity contribution in [1.82, 2.24) is 9.78 Å². The number of carbonyl (C=O) groups is 1. The van der Waals surface area contributed by atoms with Crippen LogP contribution in [-0.4, -0.2) is 20.9 Å². The summed E-state index contributed by atoms with van der Waals surface area (Å²) in [4.78, 5) is 10.7. The number of carboxylic acids is 1. The Morgan fingerprint density at radius 3 is 2.84 bits per heavy atom. The predicted molar refractivity (Wildman–Crippen MR) is 77.0 cm³/mol. The Morgan fingerprint density at radius 2 is 2.16 bits per heavy atom. The van der Waals surface area contributed by atoms with Crippen LogP contribution in [0.5, 0.6) is 0 Å². The van der Waals surface area contributed by atoms with E-state index in [1.165, 1.54) is 0 Å². The first-order valence-electron chi connectivity index (χ1n) is 5.98. The zero-order valence-electron chi connectivity index (χ0n) is 10.9. The standard InChI is InChI=1S/C14H15BrN2O2/c1-9-3-4-10(15)7-11(9)12-8-16-17(2)13(12)5-6-14(18)19/h3-4,7-8H,5-6H2,1-2H3,(H,18,19). The fourth-order valence-electron chi connectivity index (χ4n) is 2.09. The molecule has 1 heterocycles. The van der Waals surface area contributed by atoms with Gasteiger partial charge in [0.1, 0.15) is 0 Å². The quantitative estimate of drug-likeness (QED) is 0.940. The highest BCUT2D eigenvalue weighted by molar-refractivity contribution is 9.10. The number of aliphatic carboxylic acids is 1. The van der Waals surface area contributed by atoms with Gasteiger partial charge in [0.05, 0.1) is 12.6 Å². The van der Waals surface area contributed by atoms with Crippen molar-refractivity contribution >= 4 is 21.9 Å². The summed E-state index contributed by atoms with van der Waals surface area (Å²) in [5.74, 6) is -0.793. The van der Waals surface area contributed by atoms with Gasteiger partial charge in [-0.2, -0.15) is 5.10 Å². The zero-order valence-corrected chi connectivity index (χ0v) is 12.4. The first-order chi connectivity index (χ1) is 8.99. The van der Waals surface area contributed by atoms with Crippen LogP contribution in [0.2, 0.25) is 0 Å². The van der Waals surface area contributed by atoms with Gasteiger partial charge in [-0.05, 0) is 30.2 Å². The van der Waals surface area contributed by atoms with Crippen LogP contribution >= 0.6 is 15.9 Å². The zero-order chi connectivity index (χ0) is 14.0. The molecule has 4 nitrogen and oxygen atoms in total. The molecule has 2 rings (SSSR count). The van der Waals surface area contributed by atoms with Gasteiger partial charge in [-0.3, -0.25) is 9.48 Å². The summed E-state index contributed by atoms with van der Waals surface area (Å²) in [7, 11) is 1.84. The van der Waals surface area contributed by atoms with Gasteiger partial charge in [0, 0.05) is 29.2 Å². The van der Waals surface area contributed by atoms with E-state index in [0.29, 0.717) is 6.42 Å². The summed E-state index contributed by atoms with van der Waals surface area (Å²) in [5, 5.41) is 13.1. The maximum Gasteiger partial charge on any atom is 0.303 e. The lowest BCUT2D eigenvalue weighted by atomic mass is 9.99. The second-order valence-corrected chi connectivity index (χ2v) is 5.40. The highest BCUT2D eigenvalue weighted by Gasteiger charge is 2.14. The maximum atomic E-state index is 10.7. The van der Waals surface area contributed by atoms with Gasteiger partial charge in [0.2, 0.25) is 0 Å². The fraction of sp³-hybridized carbons (Fsp3) is 0.286. The average Bonchev–Trinajstić information content (AvgIpc) is 2.71. The third-order valence-corrected chi connectivity index (χ3v) is 3.62. The van der Waals surface area contributed by atoms with Gasteiger partial charge < -0.3 is 5.11 Å². The fourth-order valence-corrected chi connectivity index (χ4v) is 2.46. The molecule has 1 aromatic heterocycles. The van der Waals surface area contributed by atoms with E-state index in [-0.39, 0.29) is 6.42 Å². The number of carboxylic acid groups (broad SMARTS) is 1. The van der Waals surface area contributed by atoms with E-state index in [1.54, 1.807) is 10.9 Å². The first-order valence-corrected chi connectivity index (χ1v) is 6.77. The lowest BCUT2D eigenvalue weighted by Gasteiger charge is -2.08. The number of aryl methyl sites for hydroxylation is 2. The van der Waals surface area contributed by atoms with Crippen molar-refractivity contribution in [3.8, 4) is 11.1 Å². The molecule has 0 atom stereocenters. The Morgan fingerprint density at radius 1 is 1.42 bits per heavy atom. The molecule has 2 aromatic rings. The van der Waals surface area contributed by atoms with Crippen LogP contribution in [0, 0.1) is 6.92 Å². The minimum absolute atomic E-state index is 0.111. The van der Waals surface area contributed by atoms with Gasteiger partial charge in [-0.1, -0.05) is 22.0 Å². The summed E-state index contributed by atoms with van der Waals surface area (Å²) in [6.07, 6.45) is 2.39. The Labute approximate surface area is 120 Å². The summed E-state index contributed by atoms with van der Waals surface area (Å²) < 4.78 is 2.75. The molecule has 1 N–H and O–H groups in total. The largest absolute Gasteiger partial charge is 0.481 e. The predicted octanol–water partition coefficient (Wildman–Crippen LogP) is 3.18. The number of hydrogen-bond acceptors (Lipinski definition) is 2. The van der Waals surface area contributed by atoms with Gasteiger partial charge in [0.15, 0.2) is 0 Å². The monoisotopic (exact) mass is 322 g/mol. The number of aromatic nitrogens is 2. The van der Waals surface area contributed by atoms with Crippen molar-refractivity contribution in [3.63, 3.8) is 0 Å². The van der Waals surface area contributed by atoms with Crippen LogP contribution < -0.4 is 0 Å². The Balaban J connectivity index is 2.44. The molecule has 0 radical (unpaired) electrons. The molecule has 0 bridgehead atoms. The van der Waals surface area contributed by atoms with E-state index in [1.807, 2.05) is 32.2 Å². The molecule has 0 unspecified atom stereocenters. The molecule has 0 spiro atoms. The van der Waals surface area contributed by atoms with E-state index in [0.717, 1.165) is 26.9 Å². The molecule has 0 aliphatic carbocycles. The molecule has 100 valence electrons. The van der Waals surface area contributed by atoms with Crippen molar-refractivity contribution in [3.05, 3.63) is 40.1 Å². The molecule has 0 aliphatic rings. The lowest BCUT2D eigenvalue weighted by Crippen LogP contribution is -2.04. The summed E-state index contributed by atoms with van der Waals surface area (Å²) in [5.41, 5.74) is 4.18. The summed E-state index contributed by atoms with van der Waals surface area (Å²) in [6, 6.07) is 6.07. The molecule has 0 aliphatic heterocycles. The molecular weight excluding hydrogens is 308 g/mol. The molecule has 0 amide bonds. The van der Waals surface area contributed by atoms with Gasteiger partial charge in [-0.15, -0.1) is 0 Å². The minimum atomic E-state index is -0.793. The normalized spacial score (nSPS) is 10.7. The number of benzene rings is 1. The first kappa shape index (κ1) is 13.8. The SMILES string of the molecule is Cc1ccc(Br)cc1-c1cnn(C)c1CCC(=O)O. The van der Waals surface area contributed by atoms with Crippen molar-refractivity contribution < 1.29 is 9.90 Å². The van der Waals surface area contributed by atoms with E-state index in [2.05, 4.69) is 21.0 Å². The van der Waals surface area contributed by atoms with Crippen molar-refractivity contribution in [2.24, 2.45) is 7.05 Å². The van der Waals surface area contributed by atoms with Crippen LogP contribution in [0.1, 0.15) is 17.7 Å². The maximum absolute atomic E-state index is 10.7. The molecule has 0 saturated heterocycles. The second kappa shape index (κ2) is 5.57. The number of rotatable bonds is 4. The van der Waals surface area contributed by atoms with Crippen LogP contribution in [0.3, 0.4) is 0 Å². The number of hydrogen-bond donors (Lipinski definition) is 1. The smallest absolute Gasteiger partial charge is 0.303 e. The molecule has 5 heteroatoms. The van der Waals surface area contributed by atoms with Crippen LogP contribution in [0.15, 0.2) is 28.9 Å². The Hall–Kier alpha value is -1.62. The second-order valence-electron chi connectivity index (χ2n) is 4.48. The highest BCUT2D eigenvalue weighted by Crippen LogP contribution is 2.29. The third-order valence-electron chi connectivity index (χ3n) is 3.13. The highest BCUT2D eigenvalue weighted by atomic mass is 79.9. The van der Waals surface area contributed by atoms with Crippen molar-refractivity contribution in [1.29, 1.82) is 0 Å². The summed E-state index contributed by atoms with van der Waals surface area (Å²) >= 11 is 3.47. The van der Waals surface area contributed by atoms with Crippen LogP contribution in [-0.2, 0) is 18.3 Å². The van der Waals surface area contributed by atoms with Crippen molar-refractivity contribution in [2.75, 3.05) is 0 Å². The molecule has 1 aromatic carbocycles. The Kier molecular flexibility index (Phi) is 4.04. The molecular formula is C14H15BrN2O2. The van der Waals surface area contributed by atoms with Gasteiger partial charge in [0.25, 0.3) is 0 Å². The van der Waals surface area contributed by atoms with E-state index < -0.39 is 5.97 Å². The van der Waals surface area contributed by atoms with Crippen LogP contribution in [0.25, 0.3) is 11.1 Å². The average molecular weight is 323 g/mol. The number of halogens is 1. The van der Waals surface area contributed by atoms with Crippen LogP contribution in [0.4, 0.5) is 0 Å². The summed E-state index contributed by atoms with van der Waals surface area (Å²) in [6.45, 7) is 2.04. The Bertz CT molecular complexity index is 620. The van der Waals surface area contributed by atoms with Gasteiger partial charge in [-0.25, -0.2) is 0 Å². The van der Waals surface area contributed by atoms with E-state index in [9.17, 15) is 4.79 Å². The topological polar surface area (TPSA) is 55.1 Å². The molecule has 0 fully saturated rings. The van der Waals surface area contributed by atoms with E-state index in [4.69, 9.17) is 5.11 Å². The van der Waals surface area contributed by atoms with E-state index >= 15 is 0 Å². The third kappa shape index (κ3) is 3.04. The lowest BCUT2D eigenvalue weighted by molar-refractivity contribution is -0.136. The number of nitrogens with zero attached hydrogens (tertiary/aromatic N) is 2.